The van der Waals surface area contributed by atoms with Crippen molar-refractivity contribution in [2.45, 2.75) is 306 Å². The molecule has 4 atom stereocenters. The predicted molar refractivity (Wildman–Crippen MR) is 372 cm³/mol. The van der Waals surface area contributed by atoms with E-state index in [4.69, 9.17) is 5.73 Å². The van der Waals surface area contributed by atoms with E-state index in [1.165, 1.54) is 75.5 Å². The fourth-order valence-corrected chi connectivity index (χ4v) is 12.1. The molecule has 0 aliphatic heterocycles. The summed E-state index contributed by atoms with van der Waals surface area (Å²) in [5, 5.41) is 22.6. The first-order valence-corrected chi connectivity index (χ1v) is 37.4. The van der Waals surface area contributed by atoms with Crippen molar-refractivity contribution in [3.63, 3.8) is 0 Å². The Hall–Kier alpha value is -3.83. The van der Waals surface area contributed by atoms with E-state index in [2.05, 4.69) is 74.6 Å². The molecule has 7 amide bonds. The zero-order chi connectivity index (χ0) is 67.2. The highest BCUT2D eigenvalue weighted by molar-refractivity contribution is 5.93. The molecular formula is C73H142N8O9. The predicted octanol–water partition coefficient (Wildman–Crippen LogP) is 13.1. The molecule has 528 valence electrons. The molecule has 0 radical (unpaired) electrons. The maximum Gasteiger partial charge on any atom is 0.242 e. The standard InChI is InChI=1S/C73H142N8O9/c1-11-21-27-29-31-33-35-37-39-41-47-76(68(85)49-75-66(60-82)61-83)55-70(87)81(53-65(20-10)46-26-16-6)59-73(90)79(51-63(18-8)44-24-14-4)57-69(86)77(48-42-40-38-36-34-32-30-28-22-12-2)56-71(88)80(52-64(19-9)45-25-15-5)58-72(89)78(54-67(74)84)50-62(17-7)43-23-13-3/h62-66,75,82-83H,11-61H2,1-10H3,(H2,74,84). The maximum atomic E-state index is 15.4. The summed E-state index contributed by atoms with van der Waals surface area (Å²) in [6.07, 6.45) is 36.5. The Bertz CT molecular complexity index is 1820. The van der Waals surface area contributed by atoms with Gasteiger partial charge in [0.2, 0.25) is 41.4 Å². The van der Waals surface area contributed by atoms with Crippen LogP contribution in [0.4, 0.5) is 0 Å². The van der Waals surface area contributed by atoms with Gasteiger partial charge in [-0.05, 0) is 62.2 Å². The number of aliphatic hydroxyl groups excluding tert-OH is 2. The lowest BCUT2D eigenvalue weighted by molar-refractivity contribution is -0.149. The van der Waals surface area contributed by atoms with Crippen LogP contribution < -0.4 is 11.1 Å². The van der Waals surface area contributed by atoms with Gasteiger partial charge >= 0.3 is 0 Å². The van der Waals surface area contributed by atoms with Gasteiger partial charge in [-0.1, -0.05) is 262 Å². The molecule has 0 saturated carbocycles. The highest BCUT2D eigenvalue weighted by Gasteiger charge is 2.32. The molecule has 0 aliphatic rings. The molecule has 17 heteroatoms. The van der Waals surface area contributed by atoms with E-state index < -0.39 is 11.9 Å². The van der Waals surface area contributed by atoms with Crippen molar-refractivity contribution in [3.05, 3.63) is 0 Å². The van der Waals surface area contributed by atoms with Crippen LogP contribution in [0.1, 0.15) is 300 Å². The van der Waals surface area contributed by atoms with Crippen LogP contribution in [0.2, 0.25) is 0 Å². The summed E-state index contributed by atoms with van der Waals surface area (Å²) < 4.78 is 0. The molecule has 0 aliphatic carbocycles. The van der Waals surface area contributed by atoms with Gasteiger partial charge < -0.3 is 50.7 Å². The molecule has 17 nitrogen and oxygen atoms in total. The minimum atomic E-state index is -0.694. The molecule has 0 rings (SSSR count). The van der Waals surface area contributed by atoms with Crippen LogP contribution in [-0.4, -0.2) is 185 Å². The summed E-state index contributed by atoms with van der Waals surface area (Å²) >= 11 is 0. The number of primary amides is 1. The number of nitrogens with one attached hydrogen (secondary N) is 1. The Morgan fingerprint density at radius 3 is 0.800 bits per heavy atom. The number of nitrogens with two attached hydrogens (primary N) is 1. The Balaban J connectivity index is 7.56. The normalized spacial score (nSPS) is 12.8. The van der Waals surface area contributed by atoms with Crippen LogP contribution in [0, 0.1) is 23.7 Å². The third kappa shape index (κ3) is 42.4. The number of rotatable bonds is 63. The molecule has 0 aromatic heterocycles. The Morgan fingerprint density at radius 1 is 0.311 bits per heavy atom. The molecule has 0 bridgehead atoms. The molecule has 0 heterocycles. The second-order valence-electron chi connectivity index (χ2n) is 26.7. The largest absolute Gasteiger partial charge is 0.395 e. The van der Waals surface area contributed by atoms with Gasteiger partial charge in [0, 0.05) is 39.3 Å². The topological polar surface area (TPSA) is 217 Å². The molecule has 5 N–H and O–H groups in total. The quantitative estimate of drug-likeness (QED) is 0.0422. The van der Waals surface area contributed by atoms with Gasteiger partial charge in [-0.2, -0.15) is 0 Å². The van der Waals surface area contributed by atoms with Crippen LogP contribution in [-0.2, 0) is 33.6 Å². The van der Waals surface area contributed by atoms with Crippen molar-refractivity contribution < 1.29 is 43.8 Å². The van der Waals surface area contributed by atoms with E-state index in [1.54, 1.807) is 24.5 Å². The number of carbonyl (C=O) groups is 7. The van der Waals surface area contributed by atoms with Crippen LogP contribution in [0.15, 0.2) is 0 Å². The van der Waals surface area contributed by atoms with Crippen LogP contribution in [0.3, 0.4) is 0 Å². The first-order chi connectivity index (χ1) is 43.5. The third-order valence-electron chi connectivity index (χ3n) is 18.7. The van der Waals surface area contributed by atoms with Crippen LogP contribution in [0.5, 0.6) is 0 Å². The summed E-state index contributed by atoms with van der Waals surface area (Å²) in [5.41, 5.74) is 5.78. The summed E-state index contributed by atoms with van der Waals surface area (Å²) in [5.74, 6) is -2.26. The summed E-state index contributed by atoms with van der Waals surface area (Å²) in [6, 6.07) is -0.694. The minimum absolute atomic E-state index is 0.0763. The zero-order valence-electron chi connectivity index (χ0n) is 60.0. The number of unbranched alkanes of at least 4 members (excludes halogenated alkanes) is 22. The van der Waals surface area contributed by atoms with Crippen molar-refractivity contribution in [1.29, 1.82) is 0 Å². The fourth-order valence-electron chi connectivity index (χ4n) is 12.1. The molecular weight excluding hydrogens is 1130 g/mol. The van der Waals surface area contributed by atoms with Crippen molar-refractivity contribution in [2.24, 2.45) is 29.4 Å². The first kappa shape index (κ1) is 86.2. The number of hydrogen-bond acceptors (Lipinski definition) is 10. The van der Waals surface area contributed by atoms with Gasteiger partial charge in [0.25, 0.3) is 0 Å². The van der Waals surface area contributed by atoms with Crippen molar-refractivity contribution in [2.75, 3.05) is 98.3 Å². The van der Waals surface area contributed by atoms with E-state index in [-0.39, 0.29) is 118 Å². The van der Waals surface area contributed by atoms with E-state index in [0.29, 0.717) is 52.1 Å². The number of nitrogens with zero attached hydrogens (tertiary/aromatic N) is 6. The zero-order valence-corrected chi connectivity index (χ0v) is 60.0. The Kier molecular flexibility index (Phi) is 55.3. The highest BCUT2D eigenvalue weighted by Crippen LogP contribution is 2.22. The first-order valence-electron chi connectivity index (χ1n) is 37.4. The van der Waals surface area contributed by atoms with Gasteiger partial charge in [-0.3, -0.25) is 33.6 Å². The smallest absolute Gasteiger partial charge is 0.242 e. The van der Waals surface area contributed by atoms with E-state index in [1.807, 2.05) is 0 Å². The molecule has 0 saturated heterocycles. The van der Waals surface area contributed by atoms with Crippen molar-refractivity contribution in [1.82, 2.24) is 34.7 Å². The molecule has 4 unspecified atom stereocenters. The number of hydrogen-bond donors (Lipinski definition) is 4. The van der Waals surface area contributed by atoms with Crippen LogP contribution >= 0.6 is 0 Å². The Labute approximate surface area is 551 Å². The average Bonchev–Trinajstić information content (AvgIpc) is 3.20. The van der Waals surface area contributed by atoms with Crippen molar-refractivity contribution >= 4 is 41.4 Å². The van der Waals surface area contributed by atoms with Gasteiger partial charge in [0.1, 0.15) is 0 Å². The summed E-state index contributed by atoms with van der Waals surface area (Å²) in [6.45, 7) is 20.9. The average molecular weight is 1280 g/mol. The molecule has 0 spiro atoms. The lowest BCUT2D eigenvalue weighted by Crippen LogP contribution is -2.53. The summed E-state index contributed by atoms with van der Waals surface area (Å²) in [7, 11) is 0. The number of amides is 7. The van der Waals surface area contributed by atoms with E-state index >= 15 is 19.2 Å². The lowest BCUT2D eigenvalue weighted by atomic mass is 9.98. The number of carbonyl (C=O) groups excluding carboxylic acids is 7. The van der Waals surface area contributed by atoms with Crippen LogP contribution in [0.25, 0.3) is 0 Å². The molecule has 0 fully saturated rings. The van der Waals surface area contributed by atoms with Crippen molar-refractivity contribution in [3.8, 4) is 0 Å². The fraction of sp³-hybridized carbons (Fsp3) is 0.904. The minimum Gasteiger partial charge on any atom is -0.395 e. The second-order valence-corrected chi connectivity index (χ2v) is 26.7. The highest BCUT2D eigenvalue weighted by atomic mass is 16.3. The van der Waals surface area contributed by atoms with Gasteiger partial charge in [0.05, 0.1) is 65.1 Å². The lowest BCUT2D eigenvalue weighted by Gasteiger charge is -2.35. The van der Waals surface area contributed by atoms with Gasteiger partial charge in [-0.25, -0.2) is 0 Å². The number of aliphatic hydroxyl groups is 2. The van der Waals surface area contributed by atoms with Gasteiger partial charge in [0.15, 0.2) is 0 Å². The second kappa shape index (κ2) is 57.8. The SMILES string of the molecule is CCCCCCCCCCCCN(CC(=O)N(CC(=O)N(CC(=O)N(CCCCCCCCCCCC)CC(=O)N(CC(=O)N(CC(N)=O)CC(CC)CCCC)CC(CC)CCCC)CC(CC)CCCC)CC(CC)CCCC)C(=O)CNC(CO)CO. The summed E-state index contributed by atoms with van der Waals surface area (Å²) in [4.78, 5) is 112. The van der Waals surface area contributed by atoms with E-state index in [0.717, 1.165) is 148 Å². The third-order valence-corrected chi connectivity index (χ3v) is 18.7. The monoisotopic (exact) mass is 1280 g/mol. The molecule has 0 aromatic carbocycles. The Morgan fingerprint density at radius 2 is 0.544 bits per heavy atom. The molecule has 0 aromatic rings. The van der Waals surface area contributed by atoms with Gasteiger partial charge in [-0.15, -0.1) is 0 Å². The van der Waals surface area contributed by atoms with E-state index in [9.17, 15) is 24.6 Å². The molecule has 90 heavy (non-hydrogen) atoms. The maximum absolute atomic E-state index is 15.4.